The molecule has 2 aliphatic heterocycles. The molecule has 0 radical (unpaired) electrons. The molecule has 3 rings (SSSR count). The summed E-state index contributed by atoms with van der Waals surface area (Å²) in [5.74, 6) is 0.265. The van der Waals surface area contributed by atoms with Crippen LogP contribution in [0.15, 0.2) is 0 Å². The standard InChI is InChI=1S/C19H31ClN4OS/c1-4-6-14(2)24-9-5-8-23(11-15(24)3)18(25)13-22-10-7-16-17(12-22)26-19(20)21-16/h14-15H,4-13H2,1-3H3. The Balaban J connectivity index is 1.55. The van der Waals surface area contributed by atoms with Crippen LogP contribution in [0, 0.1) is 0 Å². The molecule has 1 aromatic rings. The van der Waals surface area contributed by atoms with E-state index < -0.39 is 0 Å². The lowest BCUT2D eigenvalue weighted by atomic mass is 10.1. The lowest BCUT2D eigenvalue weighted by Crippen LogP contribution is -2.47. The fourth-order valence-electron chi connectivity index (χ4n) is 4.29. The SMILES string of the molecule is CCCC(C)N1CCCN(C(=O)CN2CCc3nc(Cl)sc3C2)CC1C. The molecule has 5 nitrogen and oxygen atoms in total. The van der Waals surface area contributed by atoms with Crippen molar-refractivity contribution in [2.45, 2.75) is 65.1 Å². The van der Waals surface area contributed by atoms with Crippen molar-refractivity contribution >= 4 is 28.8 Å². The highest BCUT2D eigenvalue weighted by atomic mass is 35.5. The van der Waals surface area contributed by atoms with Crippen molar-refractivity contribution in [1.29, 1.82) is 0 Å². The first kappa shape index (κ1) is 20.1. The zero-order valence-electron chi connectivity index (χ0n) is 16.2. The topological polar surface area (TPSA) is 39.7 Å². The van der Waals surface area contributed by atoms with Gasteiger partial charge in [0.25, 0.3) is 0 Å². The van der Waals surface area contributed by atoms with Gasteiger partial charge in [-0.3, -0.25) is 14.6 Å². The highest BCUT2D eigenvalue weighted by molar-refractivity contribution is 7.15. The van der Waals surface area contributed by atoms with Gasteiger partial charge in [0, 0.05) is 56.1 Å². The summed E-state index contributed by atoms with van der Waals surface area (Å²) in [5.41, 5.74) is 1.12. The van der Waals surface area contributed by atoms with Gasteiger partial charge >= 0.3 is 0 Å². The Bertz CT molecular complexity index is 623. The van der Waals surface area contributed by atoms with E-state index in [2.05, 4.69) is 40.5 Å². The molecule has 146 valence electrons. The molecule has 3 heterocycles. The monoisotopic (exact) mass is 398 g/mol. The first-order valence-electron chi connectivity index (χ1n) is 9.87. The molecular weight excluding hydrogens is 368 g/mol. The third kappa shape index (κ3) is 4.77. The molecule has 2 aliphatic rings. The Morgan fingerprint density at radius 3 is 2.96 bits per heavy atom. The second-order valence-electron chi connectivity index (χ2n) is 7.72. The van der Waals surface area contributed by atoms with Crippen LogP contribution >= 0.6 is 22.9 Å². The molecule has 0 N–H and O–H groups in total. The number of amides is 1. The maximum Gasteiger partial charge on any atom is 0.236 e. The van der Waals surface area contributed by atoms with Crippen molar-refractivity contribution in [3.63, 3.8) is 0 Å². The van der Waals surface area contributed by atoms with Crippen LogP contribution in [-0.2, 0) is 17.8 Å². The smallest absolute Gasteiger partial charge is 0.236 e. The Hall–Kier alpha value is -0.690. The molecule has 2 atom stereocenters. The summed E-state index contributed by atoms with van der Waals surface area (Å²) >= 11 is 7.58. The third-order valence-corrected chi connectivity index (χ3v) is 6.85. The summed E-state index contributed by atoms with van der Waals surface area (Å²) in [7, 11) is 0. The molecule has 7 heteroatoms. The van der Waals surface area contributed by atoms with E-state index in [1.54, 1.807) is 11.3 Å². The van der Waals surface area contributed by atoms with Crippen LogP contribution < -0.4 is 0 Å². The van der Waals surface area contributed by atoms with Crippen LogP contribution in [0.5, 0.6) is 0 Å². The fraction of sp³-hybridized carbons (Fsp3) is 0.789. The number of fused-ring (bicyclic) bond motifs is 1. The van der Waals surface area contributed by atoms with E-state index in [0.717, 1.165) is 51.3 Å². The molecule has 1 saturated heterocycles. The number of hydrogen-bond acceptors (Lipinski definition) is 5. The summed E-state index contributed by atoms with van der Waals surface area (Å²) in [6.07, 6.45) is 4.40. The molecule has 0 bridgehead atoms. The quantitative estimate of drug-likeness (QED) is 0.763. The lowest BCUT2D eigenvalue weighted by molar-refractivity contribution is -0.133. The molecule has 1 aromatic heterocycles. The summed E-state index contributed by atoms with van der Waals surface area (Å²) in [5, 5.41) is 0. The normalized spacial score (nSPS) is 23.5. The minimum Gasteiger partial charge on any atom is -0.340 e. The van der Waals surface area contributed by atoms with Crippen molar-refractivity contribution < 1.29 is 4.79 Å². The number of nitrogens with zero attached hydrogens (tertiary/aromatic N) is 4. The molecule has 0 spiro atoms. The molecule has 1 amide bonds. The van der Waals surface area contributed by atoms with E-state index in [4.69, 9.17) is 11.6 Å². The van der Waals surface area contributed by atoms with E-state index in [1.807, 2.05) is 0 Å². The predicted molar refractivity (Wildman–Crippen MR) is 108 cm³/mol. The number of thiazole rings is 1. The largest absolute Gasteiger partial charge is 0.340 e. The molecule has 26 heavy (non-hydrogen) atoms. The predicted octanol–water partition coefficient (Wildman–Crippen LogP) is 3.27. The molecular formula is C19H31ClN4OS. The van der Waals surface area contributed by atoms with Crippen LogP contribution in [-0.4, -0.2) is 70.4 Å². The van der Waals surface area contributed by atoms with Crippen molar-refractivity contribution in [3.05, 3.63) is 15.0 Å². The number of aromatic nitrogens is 1. The van der Waals surface area contributed by atoms with Crippen LogP contribution in [0.4, 0.5) is 0 Å². The summed E-state index contributed by atoms with van der Waals surface area (Å²) in [6.45, 7) is 11.9. The van der Waals surface area contributed by atoms with E-state index in [-0.39, 0.29) is 5.91 Å². The van der Waals surface area contributed by atoms with Crippen molar-refractivity contribution in [2.24, 2.45) is 0 Å². The highest BCUT2D eigenvalue weighted by Gasteiger charge is 2.29. The van der Waals surface area contributed by atoms with Crippen LogP contribution in [0.1, 0.15) is 50.6 Å². The third-order valence-electron chi connectivity index (χ3n) is 5.66. The van der Waals surface area contributed by atoms with Gasteiger partial charge in [-0.1, -0.05) is 24.9 Å². The number of rotatable bonds is 5. The van der Waals surface area contributed by atoms with Crippen LogP contribution in [0.3, 0.4) is 0 Å². The van der Waals surface area contributed by atoms with E-state index in [1.165, 1.54) is 17.7 Å². The Morgan fingerprint density at radius 1 is 1.38 bits per heavy atom. The lowest BCUT2D eigenvalue weighted by Gasteiger charge is -2.34. The minimum absolute atomic E-state index is 0.265. The zero-order valence-corrected chi connectivity index (χ0v) is 17.8. The van der Waals surface area contributed by atoms with Crippen molar-refractivity contribution in [2.75, 3.05) is 32.7 Å². The second-order valence-corrected chi connectivity index (χ2v) is 9.38. The van der Waals surface area contributed by atoms with Crippen molar-refractivity contribution in [1.82, 2.24) is 19.7 Å². The van der Waals surface area contributed by atoms with Gasteiger partial charge in [-0.05, 0) is 26.7 Å². The average Bonchev–Trinajstić information content (AvgIpc) is 2.84. The molecule has 2 unspecified atom stereocenters. The van der Waals surface area contributed by atoms with Gasteiger partial charge in [-0.2, -0.15) is 0 Å². The van der Waals surface area contributed by atoms with Gasteiger partial charge in [0.15, 0.2) is 4.47 Å². The molecule has 0 saturated carbocycles. The Kier molecular flexibility index (Phi) is 6.94. The van der Waals surface area contributed by atoms with E-state index in [0.29, 0.717) is 23.1 Å². The fourth-order valence-corrected chi connectivity index (χ4v) is 5.54. The van der Waals surface area contributed by atoms with Gasteiger partial charge in [0.05, 0.1) is 12.2 Å². The maximum atomic E-state index is 12.9. The highest BCUT2D eigenvalue weighted by Crippen LogP contribution is 2.28. The summed E-state index contributed by atoms with van der Waals surface area (Å²) in [4.78, 5) is 25.4. The molecule has 0 aromatic carbocycles. The Morgan fingerprint density at radius 2 is 2.19 bits per heavy atom. The number of carbonyl (C=O) groups is 1. The molecule has 1 fully saturated rings. The Labute approximate surface area is 166 Å². The first-order valence-corrected chi connectivity index (χ1v) is 11.1. The van der Waals surface area contributed by atoms with E-state index in [9.17, 15) is 4.79 Å². The van der Waals surface area contributed by atoms with Gasteiger partial charge in [-0.15, -0.1) is 11.3 Å². The second kappa shape index (κ2) is 9.00. The average molecular weight is 399 g/mol. The van der Waals surface area contributed by atoms with Gasteiger partial charge in [0.1, 0.15) is 0 Å². The number of hydrogen-bond donors (Lipinski definition) is 0. The zero-order chi connectivity index (χ0) is 18.7. The number of carbonyl (C=O) groups excluding carboxylic acids is 1. The summed E-state index contributed by atoms with van der Waals surface area (Å²) in [6, 6.07) is 1.03. The van der Waals surface area contributed by atoms with Crippen LogP contribution in [0.2, 0.25) is 4.47 Å². The van der Waals surface area contributed by atoms with Gasteiger partial charge in [0.2, 0.25) is 5.91 Å². The molecule has 0 aliphatic carbocycles. The van der Waals surface area contributed by atoms with Crippen molar-refractivity contribution in [3.8, 4) is 0 Å². The maximum absolute atomic E-state index is 12.9. The summed E-state index contributed by atoms with van der Waals surface area (Å²) < 4.78 is 0.616. The van der Waals surface area contributed by atoms with E-state index >= 15 is 0 Å². The van der Waals surface area contributed by atoms with Gasteiger partial charge in [-0.25, -0.2) is 4.98 Å². The van der Waals surface area contributed by atoms with Crippen LogP contribution in [0.25, 0.3) is 0 Å². The number of halogens is 1. The van der Waals surface area contributed by atoms with Gasteiger partial charge < -0.3 is 4.90 Å². The first-order chi connectivity index (χ1) is 12.5. The minimum atomic E-state index is 0.265.